The number of piperidine rings is 1. The van der Waals surface area contributed by atoms with Crippen molar-refractivity contribution in [3.63, 3.8) is 0 Å². The third-order valence-corrected chi connectivity index (χ3v) is 6.46. The highest BCUT2D eigenvalue weighted by molar-refractivity contribution is 6.30. The van der Waals surface area contributed by atoms with E-state index in [1.54, 1.807) is 23.1 Å². The fourth-order valence-electron chi connectivity index (χ4n) is 4.25. The predicted octanol–water partition coefficient (Wildman–Crippen LogP) is 6.23. The van der Waals surface area contributed by atoms with E-state index < -0.39 is 0 Å². The van der Waals surface area contributed by atoms with E-state index in [1.807, 2.05) is 56.3 Å². The number of anilines is 2. The molecule has 1 fully saturated rings. The van der Waals surface area contributed by atoms with E-state index in [9.17, 15) is 9.59 Å². The lowest BCUT2D eigenvalue weighted by atomic mass is 9.84. The van der Waals surface area contributed by atoms with Gasteiger partial charge in [0.1, 0.15) is 0 Å². The van der Waals surface area contributed by atoms with Gasteiger partial charge >= 0.3 is 6.03 Å². The number of rotatable bonds is 4. The molecule has 5 nitrogen and oxygen atoms in total. The first-order valence-corrected chi connectivity index (χ1v) is 11.5. The van der Waals surface area contributed by atoms with Crippen LogP contribution in [-0.2, 0) is 4.79 Å². The van der Waals surface area contributed by atoms with E-state index in [4.69, 9.17) is 11.6 Å². The Balaban J connectivity index is 1.53. The minimum Gasteiger partial charge on any atom is -0.326 e. The summed E-state index contributed by atoms with van der Waals surface area (Å²) in [5.74, 6) is -0.379. The molecule has 2 unspecified atom stereocenters. The van der Waals surface area contributed by atoms with Crippen LogP contribution in [0.4, 0.5) is 16.2 Å². The number of hydrogen-bond donors (Lipinski definition) is 2. The molecule has 0 saturated carbocycles. The van der Waals surface area contributed by atoms with E-state index in [0.717, 1.165) is 16.8 Å². The fraction of sp³-hybridized carbons (Fsp3) is 0.259. The number of urea groups is 1. The maximum atomic E-state index is 13.2. The summed E-state index contributed by atoms with van der Waals surface area (Å²) in [6.45, 7) is 4.97. The summed E-state index contributed by atoms with van der Waals surface area (Å²) in [6, 6.07) is 22.8. The Morgan fingerprint density at radius 3 is 2.33 bits per heavy atom. The Kier molecular flexibility index (Phi) is 6.99. The summed E-state index contributed by atoms with van der Waals surface area (Å²) in [4.78, 5) is 28.1. The molecule has 1 aliphatic heterocycles. The topological polar surface area (TPSA) is 61.4 Å². The molecule has 3 aromatic rings. The van der Waals surface area contributed by atoms with Crippen LogP contribution in [0.1, 0.15) is 29.0 Å². The average Bonchev–Trinajstić information content (AvgIpc) is 2.81. The van der Waals surface area contributed by atoms with Gasteiger partial charge in [-0.05, 0) is 67.3 Å². The molecule has 6 heteroatoms. The van der Waals surface area contributed by atoms with Gasteiger partial charge in [0.15, 0.2) is 0 Å². The Hall–Kier alpha value is -3.31. The van der Waals surface area contributed by atoms with Gasteiger partial charge < -0.3 is 15.5 Å². The molecule has 1 aliphatic rings. The van der Waals surface area contributed by atoms with Crippen molar-refractivity contribution in [1.29, 1.82) is 0 Å². The number of benzene rings is 3. The Bertz CT molecular complexity index is 1150. The maximum Gasteiger partial charge on any atom is 0.321 e. The molecule has 0 spiro atoms. The SMILES string of the molecule is Cc1ccc(NC(=O)N2CC(C(=O)Nc3cccc(Cl)c3)CC(c3ccccc3)C2)cc1C. The Morgan fingerprint density at radius 1 is 0.848 bits per heavy atom. The Morgan fingerprint density at radius 2 is 1.61 bits per heavy atom. The largest absolute Gasteiger partial charge is 0.326 e. The first kappa shape index (κ1) is 22.9. The first-order chi connectivity index (χ1) is 15.9. The number of likely N-dealkylation sites (tertiary alicyclic amines) is 1. The molecule has 3 amide bonds. The predicted molar refractivity (Wildman–Crippen MR) is 134 cm³/mol. The molecule has 3 aromatic carbocycles. The lowest BCUT2D eigenvalue weighted by Crippen LogP contribution is -2.48. The van der Waals surface area contributed by atoms with Crippen LogP contribution in [-0.4, -0.2) is 29.9 Å². The van der Waals surface area contributed by atoms with Crippen LogP contribution in [0.25, 0.3) is 0 Å². The zero-order valence-corrected chi connectivity index (χ0v) is 19.6. The number of nitrogens with one attached hydrogen (secondary N) is 2. The standard InChI is InChI=1S/C27H28ClN3O2/c1-18-11-12-25(13-19(18)2)30-27(33)31-16-21(20-7-4-3-5-8-20)14-22(17-31)26(32)29-24-10-6-9-23(28)15-24/h3-13,15,21-22H,14,16-17H2,1-2H3,(H,29,32)(H,30,33). The van der Waals surface area contributed by atoms with Crippen molar-refractivity contribution in [2.45, 2.75) is 26.2 Å². The highest BCUT2D eigenvalue weighted by atomic mass is 35.5. The van der Waals surface area contributed by atoms with Crippen LogP contribution in [0.15, 0.2) is 72.8 Å². The number of hydrogen-bond acceptors (Lipinski definition) is 2. The molecular formula is C27H28ClN3O2. The van der Waals surface area contributed by atoms with Crippen molar-refractivity contribution in [3.8, 4) is 0 Å². The highest BCUT2D eigenvalue weighted by Crippen LogP contribution is 2.32. The summed E-state index contributed by atoms with van der Waals surface area (Å²) < 4.78 is 0. The Labute approximate surface area is 199 Å². The smallest absolute Gasteiger partial charge is 0.321 e. The normalized spacial score (nSPS) is 18.0. The minimum atomic E-state index is -0.339. The average molecular weight is 462 g/mol. The maximum absolute atomic E-state index is 13.2. The second kappa shape index (κ2) is 10.1. The molecule has 2 N–H and O–H groups in total. The van der Waals surface area contributed by atoms with Crippen molar-refractivity contribution in [3.05, 3.63) is 94.5 Å². The highest BCUT2D eigenvalue weighted by Gasteiger charge is 2.34. The summed E-state index contributed by atoms with van der Waals surface area (Å²) in [5, 5.41) is 6.53. The molecule has 0 radical (unpaired) electrons. The minimum absolute atomic E-state index is 0.0700. The number of aryl methyl sites for hydroxylation is 2. The summed E-state index contributed by atoms with van der Waals surface area (Å²) in [5.41, 5.74) is 4.83. The van der Waals surface area contributed by atoms with Gasteiger partial charge in [0, 0.05) is 35.4 Å². The van der Waals surface area contributed by atoms with Crippen LogP contribution < -0.4 is 10.6 Å². The van der Waals surface area contributed by atoms with Gasteiger partial charge in [0.05, 0.1) is 5.92 Å². The first-order valence-electron chi connectivity index (χ1n) is 11.1. The van der Waals surface area contributed by atoms with Gasteiger partial charge in [0.25, 0.3) is 0 Å². The van der Waals surface area contributed by atoms with Crippen LogP contribution in [0, 0.1) is 19.8 Å². The number of amides is 3. The zero-order valence-electron chi connectivity index (χ0n) is 18.8. The van der Waals surface area contributed by atoms with Crippen molar-refractivity contribution in [1.82, 2.24) is 4.90 Å². The molecule has 4 rings (SSSR count). The van der Waals surface area contributed by atoms with Crippen molar-refractivity contribution >= 4 is 34.9 Å². The van der Waals surface area contributed by atoms with Crippen LogP contribution in [0.5, 0.6) is 0 Å². The van der Waals surface area contributed by atoms with E-state index in [1.165, 1.54) is 5.56 Å². The van der Waals surface area contributed by atoms with E-state index in [-0.39, 0.29) is 23.8 Å². The van der Waals surface area contributed by atoms with Crippen molar-refractivity contribution in [2.24, 2.45) is 5.92 Å². The molecule has 0 aliphatic carbocycles. The summed E-state index contributed by atoms with van der Waals surface area (Å²) in [6.07, 6.45) is 0.670. The van der Waals surface area contributed by atoms with Crippen LogP contribution in [0.3, 0.4) is 0 Å². The number of halogens is 1. The second-order valence-corrected chi connectivity index (χ2v) is 9.11. The third kappa shape index (κ3) is 5.74. The number of carbonyl (C=O) groups excluding carboxylic acids is 2. The van der Waals surface area contributed by atoms with Gasteiger partial charge in [-0.3, -0.25) is 4.79 Å². The van der Waals surface area contributed by atoms with Crippen LogP contribution in [0.2, 0.25) is 5.02 Å². The zero-order chi connectivity index (χ0) is 23.4. The summed E-state index contributed by atoms with van der Waals surface area (Å²) in [7, 11) is 0. The van der Waals surface area contributed by atoms with Gasteiger partial charge in [0.2, 0.25) is 5.91 Å². The molecule has 170 valence electrons. The molecule has 0 aromatic heterocycles. The molecule has 1 saturated heterocycles. The third-order valence-electron chi connectivity index (χ3n) is 6.23. The number of carbonyl (C=O) groups is 2. The van der Waals surface area contributed by atoms with Crippen LogP contribution >= 0.6 is 11.6 Å². The molecule has 33 heavy (non-hydrogen) atoms. The van der Waals surface area contributed by atoms with Gasteiger partial charge in [-0.1, -0.05) is 54.1 Å². The lowest BCUT2D eigenvalue weighted by molar-refractivity contribution is -0.121. The molecule has 2 atom stereocenters. The van der Waals surface area contributed by atoms with E-state index in [2.05, 4.69) is 22.8 Å². The second-order valence-electron chi connectivity index (χ2n) is 8.67. The van der Waals surface area contributed by atoms with E-state index in [0.29, 0.717) is 30.2 Å². The van der Waals surface area contributed by atoms with Crippen molar-refractivity contribution < 1.29 is 9.59 Å². The van der Waals surface area contributed by atoms with Gasteiger partial charge in [-0.25, -0.2) is 4.79 Å². The lowest BCUT2D eigenvalue weighted by Gasteiger charge is -2.37. The fourth-order valence-corrected chi connectivity index (χ4v) is 4.44. The van der Waals surface area contributed by atoms with E-state index >= 15 is 0 Å². The van der Waals surface area contributed by atoms with Gasteiger partial charge in [-0.2, -0.15) is 0 Å². The molecular weight excluding hydrogens is 434 g/mol. The number of nitrogens with zero attached hydrogens (tertiary/aromatic N) is 1. The van der Waals surface area contributed by atoms with Gasteiger partial charge in [-0.15, -0.1) is 0 Å². The molecule has 1 heterocycles. The quantitative estimate of drug-likeness (QED) is 0.483. The molecule has 0 bridgehead atoms. The van der Waals surface area contributed by atoms with Crippen molar-refractivity contribution in [2.75, 3.05) is 23.7 Å². The summed E-state index contributed by atoms with van der Waals surface area (Å²) >= 11 is 6.07. The monoisotopic (exact) mass is 461 g/mol.